The fourth-order valence-corrected chi connectivity index (χ4v) is 2.01. The number of nitrogens with one attached hydrogen (secondary N) is 1. The first-order chi connectivity index (χ1) is 7.52. The molecular weight excluding hydrogens is 230 g/mol. The molecule has 0 saturated heterocycles. The molecule has 0 fully saturated rings. The predicted molar refractivity (Wildman–Crippen MR) is 64.1 cm³/mol. The van der Waals surface area contributed by atoms with Gasteiger partial charge in [-0.05, 0) is 20.1 Å². The fourth-order valence-electron chi connectivity index (χ4n) is 1.39. The molecule has 1 atom stereocenters. The summed E-state index contributed by atoms with van der Waals surface area (Å²) in [5, 5.41) is 15.2. The zero-order valence-electron chi connectivity index (χ0n) is 9.43. The van der Waals surface area contributed by atoms with Crippen molar-refractivity contribution < 1.29 is 4.92 Å². The zero-order chi connectivity index (χ0) is 12.3. The van der Waals surface area contributed by atoms with Gasteiger partial charge in [0.1, 0.15) is 5.70 Å². The molecule has 0 aliphatic carbocycles. The monoisotopic (exact) mass is 245 g/mol. The van der Waals surface area contributed by atoms with E-state index >= 15 is 0 Å². The summed E-state index contributed by atoms with van der Waals surface area (Å²) in [5.74, 6) is 6.05. The van der Waals surface area contributed by atoms with Gasteiger partial charge in [-0.25, -0.2) is 5.84 Å². The van der Waals surface area contributed by atoms with Gasteiger partial charge in [0.05, 0.1) is 4.92 Å². The number of nitro groups is 1. The molecular formula is C8H15N5O2S. The Balaban J connectivity index is 3.20. The molecule has 1 aliphatic rings. The molecule has 0 bridgehead atoms. The van der Waals surface area contributed by atoms with Gasteiger partial charge < -0.3 is 5.32 Å². The minimum Gasteiger partial charge on any atom is -0.335 e. The van der Waals surface area contributed by atoms with E-state index in [1.54, 1.807) is 6.92 Å². The molecule has 7 nitrogen and oxygen atoms in total. The summed E-state index contributed by atoms with van der Waals surface area (Å²) in [6, 6.07) is 0. The first-order valence-corrected chi connectivity index (χ1v) is 6.05. The summed E-state index contributed by atoms with van der Waals surface area (Å²) in [7, 11) is 0. The molecule has 0 radical (unpaired) electrons. The molecule has 1 rings (SSSR count). The van der Waals surface area contributed by atoms with E-state index in [2.05, 4.69) is 10.3 Å². The standard InChI is InChI=1S/C8H15N5O2S/c1-4-10-7-6(13(14)15)5(2)12(9)8(11-7)16-3/h8H,4,9H2,1-3H3,(H,10,11). The second kappa shape index (κ2) is 5.17. The van der Waals surface area contributed by atoms with Gasteiger partial charge in [-0.2, -0.15) is 0 Å². The van der Waals surface area contributed by atoms with Crippen LogP contribution in [0.4, 0.5) is 0 Å². The van der Waals surface area contributed by atoms with Crippen molar-refractivity contribution in [2.45, 2.75) is 19.3 Å². The number of thioether (sulfide) groups is 1. The maximum Gasteiger partial charge on any atom is 0.331 e. The van der Waals surface area contributed by atoms with Crippen molar-refractivity contribution in [3.8, 4) is 0 Å². The fraction of sp³-hybridized carbons (Fsp3) is 0.625. The number of hydrazine groups is 1. The highest BCUT2D eigenvalue weighted by atomic mass is 32.2. The zero-order valence-corrected chi connectivity index (χ0v) is 10.2. The maximum atomic E-state index is 10.9. The lowest BCUT2D eigenvalue weighted by atomic mass is 10.2. The Bertz CT molecular complexity index is 354. The van der Waals surface area contributed by atoms with Crippen molar-refractivity contribution in [2.75, 3.05) is 12.8 Å². The quantitative estimate of drug-likeness (QED) is 0.423. The second-order valence-corrected chi connectivity index (χ2v) is 4.07. The van der Waals surface area contributed by atoms with Crippen molar-refractivity contribution in [1.29, 1.82) is 0 Å². The number of rotatable bonds is 3. The number of aliphatic imine (C=N–C) groups is 1. The summed E-state index contributed by atoms with van der Waals surface area (Å²) in [6.45, 7) is 3.93. The molecule has 0 aromatic rings. The Morgan fingerprint density at radius 2 is 2.38 bits per heavy atom. The Morgan fingerprint density at radius 1 is 1.75 bits per heavy atom. The summed E-state index contributed by atoms with van der Waals surface area (Å²) < 4.78 is 0. The number of hydrogen-bond acceptors (Lipinski definition) is 6. The van der Waals surface area contributed by atoms with Gasteiger partial charge in [0.25, 0.3) is 0 Å². The lowest BCUT2D eigenvalue weighted by Crippen LogP contribution is -2.54. The van der Waals surface area contributed by atoms with E-state index in [1.165, 1.54) is 16.8 Å². The van der Waals surface area contributed by atoms with Crippen LogP contribution in [0.15, 0.2) is 16.4 Å². The van der Waals surface area contributed by atoms with Crippen LogP contribution in [0.1, 0.15) is 13.8 Å². The van der Waals surface area contributed by atoms with Crippen LogP contribution in [0.5, 0.6) is 0 Å². The molecule has 0 spiro atoms. The van der Waals surface area contributed by atoms with E-state index < -0.39 is 4.92 Å². The Hall–Kier alpha value is -1.28. The molecule has 0 aromatic heterocycles. The van der Waals surface area contributed by atoms with Crippen LogP contribution in [0, 0.1) is 10.1 Å². The highest BCUT2D eigenvalue weighted by Crippen LogP contribution is 2.21. The molecule has 0 aromatic carbocycles. The van der Waals surface area contributed by atoms with Crippen LogP contribution in [0.25, 0.3) is 0 Å². The molecule has 3 N–H and O–H groups in total. The Labute approximate surface area is 97.9 Å². The number of hydrogen-bond donors (Lipinski definition) is 2. The van der Waals surface area contributed by atoms with Crippen LogP contribution in [-0.2, 0) is 0 Å². The van der Waals surface area contributed by atoms with E-state index in [9.17, 15) is 10.1 Å². The van der Waals surface area contributed by atoms with Gasteiger partial charge in [-0.15, -0.1) is 11.8 Å². The van der Waals surface area contributed by atoms with Crippen molar-refractivity contribution in [2.24, 2.45) is 10.8 Å². The molecule has 1 heterocycles. The highest BCUT2D eigenvalue weighted by Gasteiger charge is 2.34. The minimum atomic E-state index is -0.465. The van der Waals surface area contributed by atoms with Crippen molar-refractivity contribution in [3.63, 3.8) is 0 Å². The van der Waals surface area contributed by atoms with E-state index in [0.717, 1.165) is 0 Å². The average molecular weight is 245 g/mol. The predicted octanol–water partition coefficient (Wildman–Crippen LogP) is 0.339. The van der Waals surface area contributed by atoms with Gasteiger partial charge >= 0.3 is 5.70 Å². The Kier molecular flexibility index (Phi) is 4.13. The Morgan fingerprint density at radius 3 is 2.81 bits per heavy atom. The lowest BCUT2D eigenvalue weighted by Gasteiger charge is -2.33. The van der Waals surface area contributed by atoms with Gasteiger partial charge in [-0.1, -0.05) is 0 Å². The minimum absolute atomic E-state index is 0.0605. The number of amidine groups is 1. The molecule has 8 heteroatoms. The topological polar surface area (TPSA) is 96.8 Å². The lowest BCUT2D eigenvalue weighted by molar-refractivity contribution is -0.418. The van der Waals surface area contributed by atoms with Crippen LogP contribution in [0.2, 0.25) is 0 Å². The molecule has 0 saturated carbocycles. The third-order valence-electron chi connectivity index (χ3n) is 2.19. The third-order valence-corrected chi connectivity index (χ3v) is 2.98. The van der Waals surface area contributed by atoms with E-state index in [-0.39, 0.29) is 11.2 Å². The smallest absolute Gasteiger partial charge is 0.331 e. The molecule has 1 aliphatic heterocycles. The van der Waals surface area contributed by atoms with Crippen LogP contribution < -0.4 is 11.2 Å². The first kappa shape index (κ1) is 12.8. The van der Waals surface area contributed by atoms with Crippen molar-refractivity contribution in [3.05, 3.63) is 21.5 Å². The second-order valence-electron chi connectivity index (χ2n) is 3.15. The van der Waals surface area contributed by atoms with Gasteiger partial charge in [0.2, 0.25) is 5.84 Å². The van der Waals surface area contributed by atoms with E-state index in [1.807, 2.05) is 13.2 Å². The summed E-state index contributed by atoms with van der Waals surface area (Å²) >= 11 is 1.45. The van der Waals surface area contributed by atoms with Gasteiger partial charge in [-0.3, -0.25) is 20.1 Å². The van der Waals surface area contributed by atoms with E-state index in [4.69, 9.17) is 5.84 Å². The van der Waals surface area contributed by atoms with Crippen LogP contribution in [0.3, 0.4) is 0 Å². The number of nitrogens with zero attached hydrogens (tertiary/aromatic N) is 3. The third kappa shape index (κ3) is 2.27. The first-order valence-electron chi connectivity index (χ1n) is 4.76. The van der Waals surface area contributed by atoms with Gasteiger partial charge in [0, 0.05) is 6.54 Å². The molecule has 1 unspecified atom stereocenters. The molecule has 90 valence electrons. The summed E-state index contributed by atoms with van der Waals surface area (Å²) in [4.78, 5) is 14.5. The summed E-state index contributed by atoms with van der Waals surface area (Å²) in [5.41, 5.74) is 0.124. The SMILES string of the molecule is CCN=C1NC(SC)N(N)C(C)=C1[N+](=O)[O-]. The average Bonchev–Trinajstić information content (AvgIpc) is 2.23. The number of nitrogens with two attached hydrogens (primary N) is 1. The molecule has 0 amide bonds. The normalized spacial score (nSPS) is 23.6. The van der Waals surface area contributed by atoms with Gasteiger partial charge in [0.15, 0.2) is 5.50 Å². The van der Waals surface area contributed by atoms with Crippen LogP contribution >= 0.6 is 11.8 Å². The van der Waals surface area contributed by atoms with E-state index in [0.29, 0.717) is 18.1 Å². The van der Waals surface area contributed by atoms with Crippen molar-refractivity contribution in [1.82, 2.24) is 10.3 Å². The van der Waals surface area contributed by atoms with Crippen LogP contribution in [-0.4, -0.2) is 34.1 Å². The molecule has 16 heavy (non-hydrogen) atoms. The largest absolute Gasteiger partial charge is 0.335 e. The maximum absolute atomic E-state index is 10.9. The summed E-state index contributed by atoms with van der Waals surface area (Å²) in [6.07, 6.45) is 1.87. The number of allylic oxidation sites excluding steroid dienone is 1. The highest BCUT2D eigenvalue weighted by molar-refractivity contribution is 7.99. The van der Waals surface area contributed by atoms with Crippen molar-refractivity contribution >= 4 is 17.6 Å².